The number of hydrogen-bond donors (Lipinski definition) is 2. The molecule has 0 aromatic heterocycles. The second-order valence-corrected chi connectivity index (χ2v) is 4.19. The number of thiol groups is 1. The van der Waals surface area contributed by atoms with Gasteiger partial charge in [0.2, 0.25) is 0 Å². The molecule has 0 aromatic rings. The van der Waals surface area contributed by atoms with E-state index in [0.717, 1.165) is 6.54 Å². The fraction of sp³-hybridized carbons (Fsp3) is 1.00. The molecule has 1 saturated heterocycles. The van der Waals surface area contributed by atoms with Gasteiger partial charge in [0, 0.05) is 17.3 Å². The predicted octanol–water partition coefficient (Wildman–Crippen LogP) is 1.45. The van der Waals surface area contributed by atoms with E-state index < -0.39 is 0 Å². The van der Waals surface area contributed by atoms with Gasteiger partial charge < -0.3 is 5.32 Å². The third-order valence-corrected chi connectivity index (χ3v) is 2.36. The van der Waals surface area contributed by atoms with Crippen molar-refractivity contribution in [1.82, 2.24) is 5.32 Å². The molecule has 0 aromatic carbocycles. The van der Waals surface area contributed by atoms with Crippen molar-refractivity contribution in [2.45, 2.75) is 37.5 Å². The first-order valence-electron chi connectivity index (χ1n) is 3.53. The lowest BCUT2D eigenvalue weighted by Crippen LogP contribution is -2.47. The van der Waals surface area contributed by atoms with Gasteiger partial charge in [0.25, 0.3) is 0 Å². The lowest BCUT2D eigenvalue weighted by atomic mass is 9.93. The smallest absolute Gasteiger partial charge is 0.0143 e. The number of piperidine rings is 1. The molecule has 0 aliphatic carbocycles. The molecular formula is C7H15NS. The zero-order chi connectivity index (χ0) is 6.91. The molecule has 1 nitrogen and oxygen atoms in total. The highest BCUT2D eigenvalue weighted by Crippen LogP contribution is 2.20. The molecule has 1 heterocycles. The van der Waals surface area contributed by atoms with E-state index in [2.05, 4.69) is 31.8 Å². The molecule has 1 rings (SSSR count). The molecular weight excluding hydrogens is 130 g/mol. The minimum atomic E-state index is 0.360. The summed E-state index contributed by atoms with van der Waals surface area (Å²) in [5.74, 6) is 0. The Morgan fingerprint density at radius 3 is 2.56 bits per heavy atom. The van der Waals surface area contributed by atoms with Crippen molar-refractivity contribution in [3.63, 3.8) is 0 Å². The second kappa shape index (κ2) is 2.51. The summed E-state index contributed by atoms with van der Waals surface area (Å²) in [7, 11) is 0. The first-order valence-corrected chi connectivity index (χ1v) is 4.05. The summed E-state index contributed by atoms with van der Waals surface area (Å²) in [5.41, 5.74) is 0.360. The fourth-order valence-electron chi connectivity index (χ4n) is 1.11. The lowest BCUT2D eigenvalue weighted by molar-refractivity contribution is 0.310. The Hall–Kier alpha value is 0.310. The fourth-order valence-corrected chi connectivity index (χ4v) is 1.33. The topological polar surface area (TPSA) is 12.0 Å². The van der Waals surface area contributed by atoms with E-state index >= 15 is 0 Å². The number of nitrogens with one attached hydrogen (secondary N) is 1. The molecule has 54 valence electrons. The average molecular weight is 145 g/mol. The molecule has 1 aliphatic rings. The largest absolute Gasteiger partial charge is 0.311 e. The predicted molar refractivity (Wildman–Crippen MR) is 44.1 cm³/mol. The van der Waals surface area contributed by atoms with E-state index in [9.17, 15) is 0 Å². The maximum atomic E-state index is 4.38. The zero-order valence-corrected chi connectivity index (χ0v) is 7.04. The first-order chi connectivity index (χ1) is 4.10. The van der Waals surface area contributed by atoms with E-state index in [1.165, 1.54) is 12.8 Å². The van der Waals surface area contributed by atoms with Crippen molar-refractivity contribution in [3.05, 3.63) is 0 Å². The van der Waals surface area contributed by atoms with E-state index in [0.29, 0.717) is 10.8 Å². The van der Waals surface area contributed by atoms with Crippen LogP contribution in [-0.2, 0) is 0 Å². The molecule has 1 N–H and O–H groups in total. The molecule has 0 spiro atoms. The summed E-state index contributed by atoms with van der Waals surface area (Å²) in [6.45, 7) is 5.55. The molecule has 2 heteroatoms. The quantitative estimate of drug-likeness (QED) is 0.492. The standard InChI is InChI=1S/C7H15NS/c1-7(2)4-3-6(9)5-8-7/h6,8-9H,3-5H2,1-2H3/t6-/m0/s1. The minimum absolute atomic E-state index is 0.360. The number of rotatable bonds is 0. The Labute approximate surface area is 62.6 Å². The Morgan fingerprint density at radius 2 is 2.22 bits per heavy atom. The van der Waals surface area contributed by atoms with Crippen molar-refractivity contribution in [1.29, 1.82) is 0 Å². The summed E-state index contributed by atoms with van der Waals surface area (Å²) in [4.78, 5) is 0. The Kier molecular flexibility index (Phi) is 2.07. The van der Waals surface area contributed by atoms with E-state index in [1.54, 1.807) is 0 Å². The third kappa shape index (κ3) is 2.18. The van der Waals surface area contributed by atoms with Gasteiger partial charge in [-0.3, -0.25) is 0 Å². The van der Waals surface area contributed by atoms with Gasteiger partial charge in [0.1, 0.15) is 0 Å². The summed E-state index contributed by atoms with van der Waals surface area (Å²) in [6.07, 6.45) is 2.50. The van der Waals surface area contributed by atoms with Crippen LogP contribution in [0.15, 0.2) is 0 Å². The van der Waals surface area contributed by atoms with Crippen LogP contribution >= 0.6 is 12.6 Å². The third-order valence-electron chi connectivity index (χ3n) is 1.92. The van der Waals surface area contributed by atoms with Crippen molar-refractivity contribution in [2.24, 2.45) is 0 Å². The van der Waals surface area contributed by atoms with Gasteiger partial charge in [0.15, 0.2) is 0 Å². The van der Waals surface area contributed by atoms with Crippen LogP contribution < -0.4 is 5.32 Å². The van der Waals surface area contributed by atoms with E-state index in [1.807, 2.05) is 0 Å². The molecule has 0 amide bonds. The molecule has 1 atom stereocenters. The monoisotopic (exact) mass is 145 g/mol. The van der Waals surface area contributed by atoms with Gasteiger partial charge in [-0.15, -0.1) is 0 Å². The minimum Gasteiger partial charge on any atom is -0.311 e. The van der Waals surface area contributed by atoms with Crippen molar-refractivity contribution in [3.8, 4) is 0 Å². The maximum Gasteiger partial charge on any atom is 0.0143 e. The molecule has 0 unspecified atom stereocenters. The van der Waals surface area contributed by atoms with Gasteiger partial charge in [0.05, 0.1) is 0 Å². The summed E-state index contributed by atoms with van der Waals surface area (Å²) >= 11 is 4.38. The van der Waals surface area contributed by atoms with Crippen LogP contribution in [0.5, 0.6) is 0 Å². The molecule has 0 bridgehead atoms. The summed E-state index contributed by atoms with van der Waals surface area (Å²) < 4.78 is 0. The zero-order valence-electron chi connectivity index (χ0n) is 6.15. The molecule has 0 saturated carbocycles. The van der Waals surface area contributed by atoms with Crippen molar-refractivity contribution in [2.75, 3.05) is 6.54 Å². The molecule has 1 fully saturated rings. The Balaban J connectivity index is 2.35. The highest BCUT2D eigenvalue weighted by atomic mass is 32.1. The van der Waals surface area contributed by atoms with Crippen LogP contribution in [0.3, 0.4) is 0 Å². The van der Waals surface area contributed by atoms with Crippen molar-refractivity contribution >= 4 is 12.6 Å². The van der Waals surface area contributed by atoms with Gasteiger partial charge >= 0.3 is 0 Å². The molecule has 9 heavy (non-hydrogen) atoms. The van der Waals surface area contributed by atoms with Crippen molar-refractivity contribution < 1.29 is 0 Å². The molecule has 1 aliphatic heterocycles. The van der Waals surface area contributed by atoms with E-state index in [-0.39, 0.29) is 0 Å². The second-order valence-electron chi connectivity index (χ2n) is 3.46. The Morgan fingerprint density at radius 1 is 1.56 bits per heavy atom. The van der Waals surface area contributed by atoms with Gasteiger partial charge in [-0.1, -0.05) is 0 Å². The summed E-state index contributed by atoms with van der Waals surface area (Å²) in [5, 5.41) is 4.01. The molecule has 0 radical (unpaired) electrons. The normalized spacial score (nSPS) is 34.3. The highest BCUT2D eigenvalue weighted by Gasteiger charge is 2.23. The van der Waals surface area contributed by atoms with Gasteiger partial charge in [-0.05, 0) is 26.7 Å². The highest BCUT2D eigenvalue weighted by molar-refractivity contribution is 7.81. The summed E-state index contributed by atoms with van der Waals surface area (Å²) in [6, 6.07) is 0. The van der Waals surface area contributed by atoms with Gasteiger partial charge in [-0.2, -0.15) is 12.6 Å². The van der Waals surface area contributed by atoms with Crippen LogP contribution in [0.4, 0.5) is 0 Å². The van der Waals surface area contributed by atoms with Gasteiger partial charge in [-0.25, -0.2) is 0 Å². The maximum absolute atomic E-state index is 4.38. The lowest BCUT2D eigenvalue weighted by Gasteiger charge is -2.33. The first kappa shape index (κ1) is 7.42. The van der Waals surface area contributed by atoms with Crippen LogP contribution in [0, 0.1) is 0 Å². The average Bonchev–Trinajstić information content (AvgIpc) is 1.78. The Bertz CT molecular complexity index is 91.1. The van der Waals surface area contributed by atoms with Crippen LogP contribution in [-0.4, -0.2) is 17.3 Å². The SMILES string of the molecule is CC1(C)CC[C@H](S)CN1. The van der Waals surface area contributed by atoms with Crippen LogP contribution in [0.2, 0.25) is 0 Å². The van der Waals surface area contributed by atoms with Crippen LogP contribution in [0.25, 0.3) is 0 Å². The van der Waals surface area contributed by atoms with Crippen LogP contribution in [0.1, 0.15) is 26.7 Å². The number of hydrogen-bond acceptors (Lipinski definition) is 2. The van der Waals surface area contributed by atoms with E-state index in [4.69, 9.17) is 0 Å².